The highest BCUT2D eigenvalue weighted by Crippen LogP contribution is 2.31. The average molecular weight is 286 g/mol. The normalized spacial score (nSPS) is 16.6. The number of aliphatic hydroxyl groups excluding tert-OH is 1. The molecule has 2 aromatic rings. The molecule has 3 rings (SSSR count). The molecule has 0 radical (unpaired) electrons. The molecule has 1 aromatic carbocycles. The van der Waals surface area contributed by atoms with E-state index >= 15 is 0 Å². The van der Waals surface area contributed by atoms with Gasteiger partial charge in [0.2, 0.25) is 0 Å². The maximum Gasteiger partial charge on any atom is 0.0515 e. The highest BCUT2D eigenvalue weighted by Gasteiger charge is 2.19. The molecule has 0 aliphatic carbocycles. The maximum absolute atomic E-state index is 9.57. The molecule has 2 heterocycles. The molecule has 0 bridgehead atoms. The van der Waals surface area contributed by atoms with Gasteiger partial charge in [0, 0.05) is 36.7 Å². The first-order valence-corrected chi connectivity index (χ1v) is 8.08. The van der Waals surface area contributed by atoms with Crippen molar-refractivity contribution >= 4 is 10.9 Å². The van der Waals surface area contributed by atoms with Gasteiger partial charge in [0.25, 0.3) is 0 Å². The molecule has 1 N–H and O–H groups in total. The second kappa shape index (κ2) is 5.82. The monoisotopic (exact) mass is 286 g/mol. The minimum atomic E-state index is -0.227. The van der Waals surface area contributed by atoms with Gasteiger partial charge in [-0.15, -0.1) is 0 Å². The Hall–Kier alpha value is -1.32. The number of aryl methyl sites for hydroxylation is 2. The number of aliphatic hydroxyl groups is 1. The number of hydrogen-bond acceptors (Lipinski definition) is 2. The lowest BCUT2D eigenvalue weighted by Gasteiger charge is -2.05. The average Bonchev–Trinajstić information content (AvgIpc) is 2.94. The van der Waals surface area contributed by atoms with Gasteiger partial charge in [-0.3, -0.25) is 4.90 Å². The number of hydrogen-bond donors (Lipinski definition) is 1. The molecule has 1 aromatic heterocycles. The fourth-order valence-corrected chi connectivity index (χ4v) is 3.42. The number of aromatic nitrogens is 1. The fraction of sp³-hybridized carbons (Fsp3) is 0.556. The van der Waals surface area contributed by atoms with Crippen LogP contribution in [0.25, 0.3) is 10.9 Å². The van der Waals surface area contributed by atoms with Gasteiger partial charge in [-0.1, -0.05) is 6.92 Å². The first-order chi connectivity index (χ1) is 10.1. The largest absolute Gasteiger partial charge is 0.393 e. The number of benzene rings is 1. The molecule has 0 amide bonds. The van der Waals surface area contributed by atoms with Gasteiger partial charge < -0.3 is 9.67 Å². The summed E-state index contributed by atoms with van der Waals surface area (Å²) >= 11 is 0. The van der Waals surface area contributed by atoms with E-state index in [0.29, 0.717) is 0 Å². The van der Waals surface area contributed by atoms with Crippen LogP contribution in [0.15, 0.2) is 18.3 Å². The van der Waals surface area contributed by atoms with Crippen molar-refractivity contribution in [2.45, 2.75) is 58.8 Å². The Kier molecular flexibility index (Phi) is 4.05. The van der Waals surface area contributed by atoms with Gasteiger partial charge in [-0.25, -0.2) is 0 Å². The van der Waals surface area contributed by atoms with E-state index in [-0.39, 0.29) is 6.10 Å². The van der Waals surface area contributed by atoms with Crippen LogP contribution < -0.4 is 0 Å². The van der Waals surface area contributed by atoms with E-state index in [0.717, 1.165) is 38.9 Å². The minimum Gasteiger partial charge on any atom is -0.393 e. The van der Waals surface area contributed by atoms with E-state index in [2.05, 4.69) is 41.8 Å². The highest BCUT2D eigenvalue weighted by molar-refractivity contribution is 5.86. The van der Waals surface area contributed by atoms with E-state index in [1.807, 2.05) is 6.92 Å². The van der Waals surface area contributed by atoms with Crippen molar-refractivity contribution in [3.63, 3.8) is 0 Å². The Labute approximate surface area is 127 Å². The van der Waals surface area contributed by atoms with Crippen molar-refractivity contribution in [1.29, 1.82) is 0 Å². The lowest BCUT2D eigenvalue weighted by molar-refractivity contribution is 0.185. The quantitative estimate of drug-likeness (QED) is 0.913. The van der Waals surface area contributed by atoms with Gasteiger partial charge in [0.15, 0.2) is 0 Å². The molecule has 1 atom stereocenters. The summed E-state index contributed by atoms with van der Waals surface area (Å²) in [4.78, 5) is 2.36. The Morgan fingerprint density at radius 1 is 1.24 bits per heavy atom. The Morgan fingerprint density at radius 2 is 1.95 bits per heavy atom. The summed E-state index contributed by atoms with van der Waals surface area (Å²) in [6.45, 7) is 7.28. The molecule has 0 spiro atoms. The molecule has 114 valence electrons. The third-order valence-corrected chi connectivity index (χ3v) is 4.46. The SMILES string of the molecule is CCCn1cc(CCC(C)O)c2cc3c(cc21)CN(C)C3. The zero-order valence-electron chi connectivity index (χ0n) is 13.4. The van der Waals surface area contributed by atoms with Crippen molar-refractivity contribution in [1.82, 2.24) is 9.47 Å². The molecule has 3 heteroatoms. The van der Waals surface area contributed by atoms with E-state index in [4.69, 9.17) is 0 Å². The van der Waals surface area contributed by atoms with E-state index < -0.39 is 0 Å². The third kappa shape index (κ3) is 2.85. The van der Waals surface area contributed by atoms with Crippen LogP contribution in [-0.4, -0.2) is 27.7 Å². The maximum atomic E-state index is 9.57. The molecule has 3 nitrogen and oxygen atoms in total. The molecule has 1 unspecified atom stereocenters. The first-order valence-electron chi connectivity index (χ1n) is 8.08. The summed E-state index contributed by atoms with van der Waals surface area (Å²) in [5.41, 5.74) is 5.70. The molecule has 0 saturated carbocycles. The summed E-state index contributed by atoms with van der Waals surface area (Å²) < 4.78 is 2.39. The summed E-state index contributed by atoms with van der Waals surface area (Å²) in [6, 6.07) is 4.77. The third-order valence-electron chi connectivity index (χ3n) is 4.46. The molecule has 0 fully saturated rings. The van der Waals surface area contributed by atoms with E-state index in [1.54, 1.807) is 0 Å². The van der Waals surface area contributed by atoms with Gasteiger partial charge in [0.05, 0.1) is 6.10 Å². The van der Waals surface area contributed by atoms with E-state index in [9.17, 15) is 5.11 Å². The number of fused-ring (bicyclic) bond motifs is 2. The fourth-order valence-electron chi connectivity index (χ4n) is 3.42. The van der Waals surface area contributed by atoms with Gasteiger partial charge in [-0.05, 0) is 62.1 Å². The van der Waals surface area contributed by atoms with Crippen LogP contribution in [0.1, 0.15) is 43.4 Å². The molecule has 0 saturated heterocycles. The second-order valence-electron chi connectivity index (χ2n) is 6.55. The molecule has 21 heavy (non-hydrogen) atoms. The predicted octanol–water partition coefficient (Wildman–Crippen LogP) is 3.31. The van der Waals surface area contributed by atoms with Gasteiger partial charge in [-0.2, -0.15) is 0 Å². The topological polar surface area (TPSA) is 28.4 Å². The zero-order chi connectivity index (χ0) is 15.0. The van der Waals surface area contributed by atoms with Crippen LogP contribution in [0.2, 0.25) is 0 Å². The summed E-state index contributed by atoms with van der Waals surface area (Å²) in [6.07, 6.45) is 5.02. The summed E-state index contributed by atoms with van der Waals surface area (Å²) in [7, 11) is 2.18. The van der Waals surface area contributed by atoms with Crippen LogP contribution in [0.5, 0.6) is 0 Å². The van der Waals surface area contributed by atoms with Crippen LogP contribution in [0, 0.1) is 0 Å². The highest BCUT2D eigenvalue weighted by atomic mass is 16.3. The Bertz CT molecular complexity index is 642. The zero-order valence-corrected chi connectivity index (χ0v) is 13.4. The Balaban J connectivity index is 2.04. The van der Waals surface area contributed by atoms with Gasteiger partial charge in [0.1, 0.15) is 0 Å². The molecular weight excluding hydrogens is 260 g/mol. The van der Waals surface area contributed by atoms with Crippen LogP contribution in [-0.2, 0) is 26.1 Å². The van der Waals surface area contributed by atoms with Crippen LogP contribution >= 0.6 is 0 Å². The molecular formula is C18H26N2O. The number of nitrogens with zero attached hydrogens (tertiary/aromatic N) is 2. The first kappa shape index (κ1) is 14.6. The lowest BCUT2D eigenvalue weighted by Crippen LogP contribution is -2.07. The lowest BCUT2D eigenvalue weighted by atomic mass is 10.0. The second-order valence-corrected chi connectivity index (χ2v) is 6.55. The molecule has 1 aliphatic heterocycles. The van der Waals surface area contributed by atoms with Crippen LogP contribution in [0.4, 0.5) is 0 Å². The predicted molar refractivity (Wildman–Crippen MR) is 87.4 cm³/mol. The summed E-state index contributed by atoms with van der Waals surface area (Å²) in [5, 5.41) is 11.0. The summed E-state index contributed by atoms with van der Waals surface area (Å²) in [5.74, 6) is 0. The smallest absolute Gasteiger partial charge is 0.0515 e. The molecule has 1 aliphatic rings. The standard InChI is InChI=1S/C18H26N2O/c1-4-7-20-12-14(6-5-13(2)21)17-8-15-10-19(3)11-16(15)9-18(17)20/h8-9,12-13,21H,4-7,10-11H2,1-3H3. The van der Waals surface area contributed by atoms with Crippen molar-refractivity contribution in [2.24, 2.45) is 0 Å². The van der Waals surface area contributed by atoms with E-state index in [1.165, 1.54) is 27.6 Å². The van der Waals surface area contributed by atoms with Crippen molar-refractivity contribution in [2.75, 3.05) is 7.05 Å². The minimum absolute atomic E-state index is 0.227. The Morgan fingerprint density at radius 3 is 2.62 bits per heavy atom. The van der Waals surface area contributed by atoms with Crippen molar-refractivity contribution in [3.8, 4) is 0 Å². The van der Waals surface area contributed by atoms with Crippen molar-refractivity contribution < 1.29 is 5.11 Å². The van der Waals surface area contributed by atoms with Crippen molar-refractivity contribution in [3.05, 3.63) is 35.0 Å². The number of rotatable bonds is 5. The van der Waals surface area contributed by atoms with Gasteiger partial charge >= 0.3 is 0 Å². The van der Waals surface area contributed by atoms with Crippen LogP contribution in [0.3, 0.4) is 0 Å².